The van der Waals surface area contributed by atoms with Crippen molar-refractivity contribution in [2.75, 3.05) is 57.9 Å². The molecule has 0 saturated carbocycles. The minimum absolute atomic E-state index is 0.371. The van der Waals surface area contributed by atoms with Crippen LogP contribution >= 0.6 is 0 Å². The molecule has 7 heteroatoms. The second-order valence-electron chi connectivity index (χ2n) is 7.98. The molecule has 2 N–H and O–H groups in total. The van der Waals surface area contributed by atoms with E-state index in [-0.39, 0.29) is 0 Å². The quantitative estimate of drug-likeness (QED) is 0.536. The van der Waals surface area contributed by atoms with Crippen molar-refractivity contribution in [1.29, 1.82) is 0 Å². The van der Waals surface area contributed by atoms with Crippen molar-refractivity contribution >= 4 is 11.6 Å². The standard InChI is InChI=1S/C22H37N5O2/c1-5-23-22(24-14-17(2)27-12-13-29-16-18(27)3)25-19-10-11-26(15-19)20-8-6-7-9-21(20)28-4/h6-9,17-19H,5,10-16H2,1-4H3,(H2,23,24,25). The maximum absolute atomic E-state index is 5.56. The minimum atomic E-state index is 0.371. The number of anilines is 1. The third kappa shape index (κ3) is 5.76. The first-order valence-electron chi connectivity index (χ1n) is 10.9. The molecule has 7 nitrogen and oxygen atoms in total. The van der Waals surface area contributed by atoms with Crippen LogP contribution in [0, 0.1) is 0 Å². The van der Waals surface area contributed by atoms with E-state index in [9.17, 15) is 0 Å². The Morgan fingerprint density at radius 3 is 2.93 bits per heavy atom. The van der Waals surface area contributed by atoms with Crippen LogP contribution in [0.5, 0.6) is 5.75 Å². The van der Waals surface area contributed by atoms with E-state index < -0.39 is 0 Å². The van der Waals surface area contributed by atoms with E-state index in [0.717, 1.165) is 69.8 Å². The van der Waals surface area contributed by atoms with Crippen LogP contribution in [-0.2, 0) is 4.74 Å². The van der Waals surface area contributed by atoms with Gasteiger partial charge >= 0.3 is 0 Å². The van der Waals surface area contributed by atoms with Crippen molar-refractivity contribution in [3.63, 3.8) is 0 Å². The van der Waals surface area contributed by atoms with Gasteiger partial charge in [-0.05, 0) is 39.3 Å². The molecule has 0 radical (unpaired) electrons. The van der Waals surface area contributed by atoms with Gasteiger partial charge < -0.3 is 25.0 Å². The fourth-order valence-corrected chi connectivity index (χ4v) is 4.22. The van der Waals surface area contributed by atoms with Crippen LogP contribution in [0.4, 0.5) is 5.69 Å². The monoisotopic (exact) mass is 403 g/mol. The molecule has 0 aromatic heterocycles. The minimum Gasteiger partial charge on any atom is -0.495 e. The van der Waals surface area contributed by atoms with Crippen LogP contribution in [0.3, 0.4) is 0 Å². The molecule has 29 heavy (non-hydrogen) atoms. The number of morpholine rings is 1. The summed E-state index contributed by atoms with van der Waals surface area (Å²) in [6.45, 7) is 12.8. The number of hydrogen-bond donors (Lipinski definition) is 2. The van der Waals surface area contributed by atoms with Gasteiger partial charge in [0.05, 0.1) is 32.6 Å². The van der Waals surface area contributed by atoms with Crippen LogP contribution in [0.15, 0.2) is 29.3 Å². The third-order valence-corrected chi connectivity index (χ3v) is 5.80. The van der Waals surface area contributed by atoms with E-state index in [2.05, 4.69) is 53.3 Å². The fraction of sp³-hybridized carbons (Fsp3) is 0.682. The van der Waals surface area contributed by atoms with Gasteiger partial charge in [0, 0.05) is 44.3 Å². The highest BCUT2D eigenvalue weighted by Gasteiger charge is 2.26. The molecule has 2 aliphatic heterocycles. The summed E-state index contributed by atoms with van der Waals surface area (Å²) in [5.41, 5.74) is 1.16. The second kappa shape index (κ2) is 10.7. The van der Waals surface area contributed by atoms with E-state index >= 15 is 0 Å². The zero-order valence-corrected chi connectivity index (χ0v) is 18.4. The summed E-state index contributed by atoms with van der Waals surface area (Å²) < 4.78 is 11.1. The Balaban J connectivity index is 1.57. The van der Waals surface area contributed by atoms with Gasteiger partial charge in [0.25, 0.3) is 0 Å². The number of nitrogens with zero attached hydrogens (tertiary/aromatic N) is 3. The number of benzene rings is 1. The summed E-state index contributed by atoms with van der Waals surface area (Å²) in [5, 5.41) is 7.05. The summed E-state index contributed by atoms with van der Waals surface area (Å²) in [4.78, 5) is 9.77. The molecule has 3 rings (SSSR count). The highest BCUT2D eigenvalue weighted by atomic mass is 16.5. The molecule has 2 fully saturated rings. The molecular formula is C22H37N5O2. The third-order valence-electron chi connectivity index (χ3n) is 5.80. The summed E-state index contributed by atoms with van der Waals surface area (Å²) in [5.74, 6) is 1.84. The molecule has 0 aliphatic carbocycles. The summed E-state index contributed by atoms with van der Waals surface area (Å²) in [6, 6.07) is 9.46. The lowest BCUT2D eigenvalue weighted by Crippen LogP contribution is -2.50. The number of nitrogens with one attached hydrogen (secondary N) is 2. The number of rotatable bonds is 7. The number of hydrogen-bond acceptors (Lipinski definition) is 5. The predicted octanol–water partition coefficient (Wildman–Crippen LogP) is 1.94. The van der Waals surface area contributed by atoms with Crippen LogP contribution < -0.4 is 20.3 Å². The lowest BCUT2D eigenvalue weighted by Gasteiger charge is -2.37. The Hall–Kier alpha value is -1.99. The molecule has 2 aliphatic rings. The van der Waals surface area contributed by atoms with E-state index in [1.165, 1.54) is 0 Å². The van der Waals surface area contributed by atoms with Crippen molar-refractivity contribution in [1.82, 2.24) is 15.5 Å². The lowest BCUT2D eigenvalue weighted by atomic mass is 10.2. The van der Waals surface area contributed by atoms with Crippen molar-refractivity contribution in [3.05, 3.63) is 24.3 Å². The van der Waals surface area contributed by atoms with E-state index in [1.807, 2.05) is 12.1 Å². The van der Waals surface area contributed by atoms with E-state index in [0.29, 0.717) is 18.1 Å². The molecule has 162 valence electrons. The molecule has 1 aromatic carbocycles. The van der Waals surface area contributed by atoms with Crippen molar-refractivity contribution < 1.29 is 9.47 Å². The van der Waals surface area contributed by atoms with Crippen molar-refractivity contribution in [2.24, 2.45) is 4.99 Å². The largest absolute Gasteiger partial charge is 0.495 e. The molecule has 2 heterocycles. The van der Waals surface area contributed by atoms with Gasteiger partial charge in [-0.1, -0.05) is 12.1 Å². The Bertz CT molecular complexity index is 668. The summed E-state index contributed by atoms with van der Waals surface area (Å²) in [7, 11) is 1.73. The molecule has 0 amide bonds. The first kappa shape index (κ1) is 21.7. The first-order valence-corrected chi connectivity index (χ1v) is 10.9. The van der Waals surface area contributed by atoms with E-state index in [1.54, 1.807) is 7.11 Å². The Morgan fingerprint density at radius 1 is 1.34 bits per heavy atom. The van der Waals surface area contributed by atoms with Crippen LogP contribution in [0.1, 0.15) is 27.2 Å². The van der Waals surface area contributed by atoms with Gasteiger partial charge in [-0.2, -0.15) is 0 Å². The number of methoxy groups -OCH3 is 1. The van der Waals surface area contributed by atoms with Gasteiger partial charge in [-0.15, -0.1) is 0 Å². The van der Waals surface area contributed by atoms with Crippen molar-refractivity contribution in [2.45, 2.75) is 45.3 Å². The Morgan fingerprint density at radius 2 is 2.17 bits per heavy atom. The maximum atomic E-state index is 5.56. The molecule has 3 unspecified atom stereocenters. The molecule has 2 saturated heterocycles. The average Bonchev–Trinajstić information content (AvgIpc) is 3.20. The van der Waals surface area contributed by atoms with Gasteiger partial charge in [0.15, 0.2) is 5.96 Å². The number of guanidine groups is 1. The Labute approximate surface area is 175 Å². The molecule has 0 spiro atoms. The number of aliphatic imine (C=N–C) groups is 1. The maximum Gasteiger partial charge on any atom is 0.191 e. The summed E-state index contributed by atoms with van der Waals surface area (Å²) >= 11 is 0. The molecule has 3 atom stereocenters. The SMILES string of the molecule is CCNC(=NCC(C)N1CCOCC1C)NC1CCN(c2ccccc2OC)C1. The van der Waals surface area contributed by atoms with Gasteiger partial charge in [-0.3, -0.25) is 9.89 Å². The Kier molecular flexibility index (Phi) is 8.00. The highest BCUT2D eigenvalue weighted by molar-refractivity contribution is 5.80. The number of ether oxygens (including phenoxy) is 2. The molecular weight excluding hydrogens is 366 g/mol. The highest BCUT2D eigenvalue weighted by Crippen LogP contribution is 2.30. The lowest BCUT2D eigenvalue weighted by molar-refractivity contribution is -0.0165. The van der Waals surface area contributed by atoms with Crippen LogP contribution in [-0.4, -0.2) is 82.0 Å². The number of para-hydroxylation sites is 2. The zero-order chi connectivity index (χ0) is 20.6. The van der Waals surface area contributed by atoms with Gasteiger partial charge in [-0.25, -0.2) is 0 Å². The van der Waals surface area contributed by atoms with Gasteiger partial charge in [0.2, 0.25) is 0 Å². The van der Waals surface area contributed by atoms with Gasteiger partial charge in [0.1, 0.15) is 5.75 Å². The molecule has 0 bridgehead atoms. The first-order chi connectivity index (χ1) is 14.1. The average molecular weight is 404 g/mol. The van der Waals surface area contributed by atoms with Crippen molar-refractivity contribution in [3.8, 4) is 5.75 Å². The van der Waals surface area contributed by atoms with Crippen LogP contribution in [0.25, 0.3) is 0 Å². The normalized spacial score (nSPS) is 24.4. The summed E-state index contributed by atoms with van der Waals surface area (Å²) in [6.07, 6.45) is 1.08. The van der Waals surface area contributed by atoms with E-state index in [4.69, 9.17) is 14.5 Å². The second-order valence-corrected chi connectivity index (χ2v) is 7.98. The topological polar surface area (TPSA) is 61.4 Å². The smallest absolute Gasteiger partial charge is 0.191 e. The zero-order valence-electron chi connectivity index (χ0n) is 18.4. The predicted molar refractivity (Wildman–Crippen MR) is 119 cm³/mol. The molecule has 1 aromatic rings. The fourth-order valence-electron chi connectivity index (χ4n) is 4.22. The van der Waals surface area contributed by atoms with Crippen LogP contribution in [0.2, 0.25) is 0 Å².